The lowest BCUT2D eigenvalue weighted by molar-refractivity contribution is -0.0499. The summed E-state index contributed by atoms with van der Waals surface area (Å²) in [5.74, 6) is -0.645. The van der Waals surface area contributed by atoms with Crippen molar-refractivity contribution in [2.45, 2.75) is 20.1 Å². The van der Waals surface area contributed by atoms with Crippen LogP contribution in [-0.4, -0.2) is 16.7 Å². The van der Waals surface area contributed by atoms with Gasteiger partial charge in [-0.1, -0.05) is 0 Å². The fourth-order valence-electron chi connectivity index (χ4n) is 1.84. The van der Waals surface area contributed by atoms with Crippen molar-refractivity contribution in [3.63, 3.8) is 0 Å². The molecular weight excluding hydrogens is 271 g/mol. The molecule has 1 aromatic carbocycles. The molecule has 0 aliphatic rings. The first-order chi connectivity index (χ1) is 9.51. The van der Waals surface area contributed by atoms with Gasteiger partial charge in [0, 0.05) is 11.3 Å². The van der Waals surface area contributed by atoms with Crippen molar-refractivity contribution in [2.24, 2.45) is 0 Å². The van der Waals surface area contributed by atoms with E-state index >= 15 is 0 Å². The number of hydrogen-bond acceptors (Lipinski definition) is 3. The van der Waals surface area contributed by atoms with E-state index in [-0.39, 0.29) is 17.0 Å². The number of nitrogens with zero attached hydrogens (tertiary/aromatic N) is 1. The maximum absolute atomic E-state index is 13.8. The number of rotatable bonds is 4. The summed E-state index contributed by atoms with van der Waals surface area (Å²) in [7, 11) is 0. The van der Waals surface area contributed by atoms with Gasteiger partial charge in [0.2, 0.25) is 0 Å². The number of alkyl halides is 2. The smallest absolute Gasteiger partial charge is 0.387 e. The molecule has 0 radical (unpaired) electrons. The summed E-state index contributed by atoms with van der Waals surface area (Å²) in [5, 5.41) is 9.31. The van der Waals surface area contributed by atoms with Gasteiger partial charge >= 0.3 is 6.61 Å². The zero-order valence-electron chi connectivity index (χ0n) is 10.6. The Balaban J connectivity index is 2.48. The molecule has 0 saturated carbocycles. The average Bonchev–Trinajstić information content (AvgIpc) is 2.41. The van der Waals surface area contributed by atoms with Crippen LogP contribution >= 0.6 is 0 Å². The number of halogens is 3. The van der Waals surface area contributed by atoms with E-state index in [2.05, 4.69) is 9.72 Å². The molecule has 0 atom stereocenters. The van der Waals surface area contributed by atoms with Crippen molar-refractivity contribution in [2.75, 3.05) is 0 Å². The number of hydrogen-bond donors (Lipinski definition) is 1. The monoisotopic (exact) mass is 283 g/mol. The van der Waals surface area contributed by atoms with Crippen molar-refractivity contribution in [1.82, 2.24) is 4.98 Å². The molecule has 0 aliphatic carbocycles. The number of aliphatic hydroxyl groups excluding tert-OH is 1. The highest BCUT2D eigenvalue weighted by Gasteiger charge is 2.14. The molecule has 0 amide bonds. The van der Waals surface area contributed by atoms with E-state index in [1.807, 2.05) is 0 Å². The van der Waals surface area contributed by atoms with Crippen LogP contribution in [0.1, 0.15) is 11.3 Å². The topological polar surface area (TPSA) is 42.4 Å². The number of aromatic nitrogens is 1. The van der Waals surface area contributed by atoms with E-state index in [0.29, 0.717) is 11.3 Å². The van der Waals surface area contributed by atoms with Crippen LogP contribution in [0.4, 0.5) is 13.2 Å². The van der Waals surface area contributed by atoms with E-state index in [9.17, 15) is 18.3 Å². The number of ether oxygens (including phenoxy) is 1. The number of aryl methyl sites for hydroxylation is 1. The third kappa shape index (κ3) is 3.08. The summed E-state index contributed by atoms with van der Waals surface area (Å²) >= 11 is 0. The largest absolute Gasteiger partial charge is 0.435 e. The number of benzene rings is 1. The molecule has 0 saturated heterocycles. The molecular formula is C14H12F3NO2. The molecule has 3 nitrogen and oxygen atoms in total. The molecule has 1 N–H and O–H groups in total. The molecule has 0 spiro atoms. The van der Waals surface area contributed by atoms with Crippen LogP contribution < -0.4 is 4.74 Å². The summed E-state index contributed by atoms with van der Waals surface area (Å²) in [4.78, 5) is 4.07. The van der Waals surface area contributed by atoms with Crippen LogP contribution in [-0.2, 0) is 6.61 Å². The Bertz CT molecular complexity index is 617. The van der Waals surface area contributed by atoms with E-state index in [4.69, 9.17) is 0 Å². The zero-order chi connectivity index (χ0) is 14.7. The Kier molecular flexibility index (Phi) is 4.24. The molecule has 1 heterocycles. The fraction of sp³-hybridized carbons (Fsp3) is 0.214. The van der Waals surface area contributed by atoms with Crippen molar-refractivity contribution >= 4 is 0 Å². The summed E-state index contributed by atoms with van der Waals surface area (Å²) in [5.41, 5.74) is 1.28. The molecule has 106 valence electrons. The van der Waals surface area contributed by atoms with Crippen molar-refractivity contribution < 1.29 is 23.0 Å². The van der Waals surface area contributed by atoms with E-state index in [0.717, 1.165) is 0 Å². The third-order valence-corrected chi connectivity index (χ3v) is 2.71. The second-order valence-corrected chi connectivity index (χ2v) is 4.14. The number of aliphatic hydroxyl groups is 1. The van der Waals surface area contributed by atoms with Crippen molar-refractivity contribution in [3.05, 3.63) is 47.4 Å². The van der Waals surface area contributed by atoms with Gasteiger partial charge in [0.1, 0.15) is 17.3 Å². The molecule has 20 heavy (non-hydrogen) atoms. The Morgan fingerprint density at radius 3 is 2.65 bits per heavy atom. The molecule has 1 aromatic heterocycles. The maximum Gasteiger partial charge on any atom is 0.387 e. The summed E-state index contributed by atoms with van der Waals surface area (Å²) < 4.78 is 42.3. The van der Waals surface area contributed by atoms with Crippen LogP contribution in [0.25, 0.3) is 11.3 Å². The molecule has 0 bridgehead atoms. The van der Waals surface area contributed by atoms with Crippen molar-refractivity contribution in [1.29, 1.82) is 0 Å². The van der Waals surface area contributed by atoms with Crippen LogP contribution in [0.5, 0.6) is 5.75 Å². The third-order valence-electron chi connectivity index (χ3n) is 2.71. The number of pyridine rings is 1. The van der Waals surface area contributed by atoms with Gasteiger partial charge in [-0.15, -0.1) is 0 Å². The Morgan fingerprint density at radius 1 is 1.25 bits per heavy atom. The zero-order valence-corrected chi connectivity index (χ0v) is 10.6. The second-order valence-electron chi connectivity index (χ2n) is 4.14. The predicted molar refractivity (Wildman–Crippen MR) is 66.9 cm³/mol. The first kappa shape index (κ1) is 14.3. The standard InChI is InChI=1S/C14H12F3NO2/c1-8-2-5-12(15)13(18-8)11-4-3-10(20-14(16)17)6-9(11)7-19/h2-6,14,19H,7H2,1H3. The minimum Gasteiger partial charge on any atom is -0.435 e. The summed E-state index contributed by atoms with van der Waals surface area (Å²) in [6, 6.07) is 6.71. The first-order valence-electron chi connectivity index (χ1n) is 5.83. The van der Waals surface area contributed by atoms with Crippen molar-refractivity contribution in [3.8, 4) is 17.0 Å². The first-order valence-corrected chi connectivity index (χ1v) is 5.83. The molecule has 0 unspecified atom stereocenters. The Hall–Kier alpha value is -2.08. The van der Waals surface area contributed by atoms with Crippen LogP contribution in [0.3, 0.4) is 0 Å². The van der Waals surface area contributed by atoms with Gasteiger partial charge < -0.3 is 9.84 Å². The van der Waals surface area contributed by atoms with Crippen LogP contribution in [0, 0.1) is 12.7 Å². The SMILES string of the molecule is Cc1ccc(F)c(-c2ccc(OC(F)F)cc2CO)n1. The molecule has 0 fully saturated rings. The predicted octanol–water partition coefficient (Wildman–Crippen LogP) is 3.29. The van der Waals surface area contributed by atoms with Gasteiger partial charge in [-0.05, 0) is 42.8 Å². The van der Waals surface area contributed by atoms with E-state index < -0.39 is 19.0 Å². The Labute approximate surface area is 113 Å². The van der Waals surface area contributed by atoms with E-state index in [1.165, 1.54) is 30.3 Å². The van der Waals surface area contributed by atoms with E-state index in [1.54, 1.807) is 6.92 Å². The maximum atomic E-state index is 13.8. The highest BCUT2D eigenvalue weighted by atomic mass is 19.3. The lowest BCUT2D eigenvalue weighted by Crippen LogP contribution is -2.03. The van der Waals surface area contributed by atoms with Gasteiger partial charge in [0.05, 0.1) is 6.61 Å². The normalized spacial score (nSPS) is 10.9. The molecule has 0 aliphatic heterocycles. The average molecular weight is 283 g/mol. The van der Waals surface area contributed by atoms with Gasteiger partial charge in [-0.3, -0.25) is 4.98 Å². The summed E-state index contributed by atoms with van der Waals surface area (Å²) in [6.07, 6.45) is 0. The quantitative estimate of drug-likeness (QED) is 0.936. The highest BCUT2D eigenvalue weighted by molar-refractivity contribution is 5.65. The van der Waals surface area contributed by atoms with Gasteiger partial charge in [0.25, 0.3) is 0 Å². The van der Waals surface area contributed by atoms with Gasteiger partial charge in [-0.2, -0.15) is 8.78 Å². The second kappa shape index (κ2) is 5.92. The highest BCUT2D eigenvalue weighted by Crippen LogP contribution is 2.29. The minimum absolute atomic E-state index is 0.0673. The minimum atomic E-state index is -2.96. The lowest BCUT2D eigenvalue weighted by atomic mass is 10.0. The molecule has 2 rings (SSSR count). The van der Waals surface area contributed by atoms with Gasteiger partial charge in [-0.25, -0.2) is 4.39 Å². The molecule has 6 heteroatoms. The molecule has 2 aromatic rings. The van der Waals surface area contributed by atoms with Gasteiger partial charge in [0.15, 0.2) is 0 Å². The summed E-state index contributed by atoms with van der Waals surface area (Å²) in [6.45, 7) is -1.69. The lowest BCUT2D eigenvalue weighted by Gasteiger charge is -2.11. The van der Waals surface area contributed by atoms with Crippen LogP contribution in [0.15, 0.2) is 30.3 Å². The Morgan fingerprint density at radius 2 is 2.00 bits per heavy atom. The fourth-order valence-corrected chi connectivity index (χ4v) is 1.84. The van der Waals surface area contributed by atoms with Crippen LogP contribution in [0.2, 0.25) is 0 Å².